The first kappa shape index (κ1) is 23.0. The minimum atomic E-state index is -1.10. The van der Waals surface area contributed by atoms with Crippen LogP contribution in [0.1, 0.15) is 31.2 Å². The van der Waals surface area contributed by atoms with Crippen LogP contribution in [0.25, 0.3) is 10.9 Å². The van der Waals surface area contributed by atoms with Gasteiger partial charge in [-0.15, -0.1) is 0 Å². The van der Waals surface area contributed by atoms with Crippen LogP contribution in [0, 0.1) is 0 Å². The highest BCUT2D eigenvalue weighted by molar-refractivity contribution is 9.10. The van der Waals surface area contributed by atoms with Crippen molar-refractivity contribution >= 4 is 54.9 Å². The monoisotopic (exact) mass is 551 g/mol. The number of halogens is 2. The zero-order valence-electron chi connectivity index (χ0n) is 16.9. The normalized spacial score (nSPS) is 11.4. The van der Waals surface area contributed by atoms with E-state index in [1.54, 1.807) is 24.3 Å². The van der Waals surface area contributed by atoms with E-state index < -0.39 is 12.6 Å². The number of hydrogen-bond acceptors (Lipinski definition) is 6. The van der Waals surface area contributed by atoms with E-state index >= 15 is 0 Å². The van der Waals surface area contributed by atoms with Gasteiger partial charge in [0, 0.05) is 10.4 Å². The van der Waals surface area contributed by atoms with Crippen LogP contribution in [0.5, 0.6) is 11.5 Å². The van der Waals surface area contributed by atoms with E-state index in [4.69, 9.17) is 14.6 Å². The van der Waals surface area contributed by atoms with Crippen LogP contribution in [0.2, 0.25) is 0 Å². The van der Waals surface area contributed by atoms with Gasteiger partial charge < -0.3 is 14.6 Å². The largest absolute Gasteiger partial charge is 0.493 e. The molecule has 0 amide bonds. The zero-order valence-corrected chi connectivity index (χ0v) is 20.1. The summed E-state index contributed by atoms with van der Waals surface area (Å²) >= 11 is 6.75. The molecule has 31 heavy (non-hydrogen) atoms. The third kappa shape index (κ3) is 5.13. The van der Waals surface area contributed by atoms with Crippen LogP contribution in [-0.2, 0) is 4.79 Å². The van der Waals surface area contributed by atoms with Crippen molar-refractivity contribution in [3.63, 3.8) is 0 Å². The average Bonchev–Trinajstić information content (AvgIpc) is 2.71. The summed E-state index contributed by atoms with van der Waals surface area (Å²) in [6.45, 7) is 3.37. The number of methoxy groups -OCH3 is 1. The summed E-state index contributed by atoms with van der Waals surface area (Å²) < 4.78 is 13.1. The van der Waals surface area contributed by atoms with Crippen molar-refractivity contribution in [2.45, 2.75) is 19.8 Å². The average molecular weight is 553 g/mol. The molecule has 0 radical (unpaired) electrons. The van der Waals surface area contributed by atoms with E-state index in [1.165, 1.54) is 18.0 Å². The molecule has 0 aliphatic carbocycles. The van der Waals surface area contributed by atoms with Crippen LogP contribution < -0.4 is 15.0 Å². The number of rotatable bonds is 7. The van der Waals surface area contributed by atoms with Gasteiger partial charge in [-0.05, 0) is 51.8 Å². The maximum Gasteiger partial charge on any atom is 0.341 e. The minimum absolute atomic E-state index is 0.0361. The first-order valence-electron chi connectivity index (χ1n) is 9.20. The van der Waals surface area contributed by atoms with E-state index in [1.807, 2.05) is 19.9 Å². The molecule has 0 saturated heterocycles. The number of nitrogens with zero attached hydrogens (tertiary/aromatic N) is 3. The molecule has 1 N–H and O–H groups in total. The lowest BCUT2D eigenvalue weighted by Gasteiger charge is -2.13. The Labute approximate surface area is 194 Å². The van der Waals surface area contributed by atoms with Crippen LogP contribution in [0.3, 0.4) is 0 Å². The molecule has 0 spiro atoms. The SMILES string of the molecule is COc1cc(C=Nn2c(C(C)C)nc3ccc(Br)cc3c2=O)cc(Br)c1OCC(=O)O. The number of carboxylic acids is 1. The third-order valence-corrected chi connectivity index (χ3v) is 5.35. The first-order valence-corrected chi connectivity index (χ1v) is 10.8. The minimum Gasteiger partial charge on any atom is -0.493 e. The number of ether oxygens (including phenoxy) is 2. The van der Waals surface area contributed by atoms with E-state index in [9.17, 15) is 9.59 Å². The molecule has 3 aromatic rings. The lowest BCUT2D eigenvalue weighted by atomic mass is 10.2. The maximum atomic E-state index is 13.1. The van der Waals surface area contributed by atoms with Gasteiger partial charge in [-0.25, -0.2) is 9.78 Å². The van der Waals surface area contributed by atoms with Crippen molar-refractivity contribution in [1.29, 1.82) is 0 Å². The summed E-state index contributed by atoms with van der Waals surface area (Å²) in [5, 5.41) is 13.7. The fourth-order valence-corrected chi connectivity index (χ4v) is 3.80. The Morgan fingerprint density at radius 3 is 2.68 bits per heavy atom. The molecular formula is C21H19Br2N3O5. The molecule has 1 aromatic heterocycles. The summed E-state index contributed by atoms with van der Waals surface area (Å²) in [6, 6.07) is 8.67. The molecule has 0 unspecified atom stereocenters. The van der Waals surface area contributed by atoms with Crippen molar-refractivity contribution in [2.24, 2.45) is 5.10 Å². The molecule has 0 fully saturated rings. The van der Waals surface area contributed by atoms with Crippen molar-refractivity contribution in [2.75, 3.05) is 13.7 Å². The molecular weight excluding hydrogens is 534 g/mol. The highest BCUT2D eigenvalue weighted by atomic mass is 79.9. The molecule has 8 nitrogen and oxygen atoms in total. The fraction of sp³-hybridized carbons (Fsp3) is 0.238. The Hall–Kier alpha value is -2.72. The van der Waals surface area contributed by atoms with Gasteiger partial charge in [0.05, 0.1) is 28.7 Å². The number of fused-ring (bicyclic) bond motifs is 1. The zero-order chi connectivity index (χ0) is 22.7. The first-order chi connectivity index (χ1) is 14.7. The summed E-state index contributed by atoms with van der Waals surface area (Å²) in [5.74, 6) is -0.0153. The molecule has 162 valence electrons. The molecule has 0 saturated carbocycles. The summed E-state index contributed by atoms with van der Waals surface area (Å²) in [4.78, 5) is 28.5. The maximum absolute atomic E-state index is 13.1. The molecule has 3 rings (SSSR count). The Morgan fingerprint density at radius 2 is 2.03 bits per heavy atom. The molecule has 0 bridgehead atoms. The van der Waals surface area contributed by atoms with E-state index in [-0.39, 0.29) is 17.2 Å². The number of carboxylic acid groups (broad SMARTS) is 1. The summed E-state index contributed by atoms with van der Waals surface area (Å²) in [7, 11) is 1.45. The third-order valence-electron chi connectivity index (χ3n) is 4.26. The molecule has 2 aromatic carbocycles. The van der Waals surface area contributed by atoms with Crippen LogP contribution in [0.15, 0.2) is 49.2 Å². The quantitative estimate of drug-likeness (QED) is 0.436. The Morgan fingerprint density at radius 1 is 1.29 bits per heavy atom. The van der Waals surface area contributed by atoms with Crippen LogP contribution in [-0.4, -0.2) is 40.7 Å². The van der Waals surface area contributed by atoms with Gasteiger partial charge in [0.15, 0.2) is 18.1 Å². The van der Waals surface area contributed by atoms with Crippen molar-refractivity contribution in [3.8, 4) is 11.5 Å². The van der Waals surface area contributed by atoms with Gasteiger partial charge >= 0.3 is 5.97 Å². The lowest BCUT2D eigenvalue weighted by Crippen LogP contribution is -2.23. The molecule has 0 aliphatic rings. The second-order valence-electron chi connectivity index (χ2n) is 6.86. The van der Waals surface area contributed by atoms with E-state index in [2.05, 4.69) is 41.9 Å². The molecule has 0 aliphatic heterocycles. The summed E-state index contributed by atoms with van der Waals surface area (Å²) in [5.41, 5.74) is 0.939. The lowest BCUT2D eigenvalue weighted by molar-refractivity contribution is -0.139. The smallest absolute Gasteiger partial charge is 0.341 e. The van der Waals surface area contributed by atoms with Gasteiger partial charge in [0.1, 0.15) is 5.82 Å². The van der Waals surface area contributed by atoms with Gasteiger partial charge in [-0.3, -0.25) is 4.79 Å². The number of benzene rings is 2. The highest BCUT2D eigenvalue weighted by Crippen LogP contribution is 2.36. The van der Waals surface area contributed by atoms with E-state index in [0.717, 1.165) is 4.47 Å². The number of aromatic nitrogens is 2. The number of aliphatic carboxylic acids is 1. The van der Waals surface area contributed by atoms with Crippen LogP contribution >= 0.6 is 31.9 Å². The highest BCUT2D eigenvalue weighted by Gasteiger charge is 2.15. The predicted molar refractivity (Wildman–Crippen MR) is 125 cm³/mol. The number of carbonyl (C=O) groups is 1. The molecule has 1 heterocycles. The van der Waals surface area contributed by atoms with Crippen molar-refractivity contribution in [1.82, 2.24) is 9.66 Å². The Balaban J connectivity index is 2.07. The molecule has 0 atom stereocenters. The fourth-order valence-electron chi connectivity index (χ4n) is 2.86. The Kier molecular flexibility index (Phi) is 7.11. The second-order valence-corrected chi connectivity index (χ2v) is 8.63. The van der Waals surface area contributed by atoms with Crippen molar-refractivity contribution < 1.29 is 19.4 Å². The standard InChI is InChI=1S/C21H19Br2N3O5/c1-11(2)20-25-16-5-4-13(22)8-14(16)21(29)26(20)24-9-12-6-15(23)19(17(7-12)30-3)31-10-18(27)28/h4-9,11H,10H2,1-3H3,(H,27,28). The Bertz CT molecular complexity index is 1240. The van der Waals surface area contributed by atoms with Gasteiger partial charge in [-0.1, -0.05) is 29.8 Å². The van der Waals surface area contributed by atoms with Gasteiger partial charge in [-0.2, -0.15) is 9.78 Å². The second kappa shape index (κ2) is 9.61. The topological polar surface area (TPSA) is 103 Å². The number of hydrogen-bond donors (Lipinski definition) is 1. The summed E-state index contributed by atoms with van der Waals surface area (Å²) in [6.07, 6.45) is 1.51. The van der Waals surface area contributed by atoms with Crippen LogP contribution in [0.4, 0.5) is 0 Å². The van der Waals surface area contributed by atoms with Gasteiger partial charge in [0.2, 0.25) is 0 Å². The van der Waals surface area contributed by atoms with E-state index in [0.29, 0.717) is 32.5 Å². The van der Waals surface area contributed by atoms with Crippen molar-refractivity contribution in [3.05, 3.63) is 61.0 Å². The van der Waals surface area contributed by atoms with Gasteiger partial charge in [0.25, 0.3) is 5.56 Å². The predicted octanol–water partition coefficient (Wildman–Crippen LogP) is 4.40. The molecule has 10 heteroatoms.